The molecule has 2 aromatic rings. The van der Waals surface area contributed by atoms with Crippen molar-refractivity contribution < 1.29 is 9.59 Å². The summed E-state index contributed by atoms with van der Waals surface area (Å²) in [5.74, 6) is 0.188. The monoisotopic (exact) mass is 604 g/mol. The number of benzene rings is 1. The van der Waals surface area contributed by atoms with E-state index in [-0.39, 0.29) is 41.6 Å². The molecule has 0 spiro atoms. The van der Waals surface area contributed by atoms with Crippen LogP contribution in [-0.4, -0.2) is 67.1 Å². The number of carbonyl (C=O) groups excluding carboxylic acids is 2. The number of halogens is 1. The largest absolute Gasteiger partial charge is 0.355 e. The zero-order valence-electron chi connectivity index (χ0n) is 26.1. The van der Waals surface area contributed by atoms with Gasteiger partial charge in [0.1, 0.15) is 0 Å². The van der Waals surface area contributed by atoms with Gasteiger partial charge in [-0.25, -0.2) is 0 Å². The third kappa shape index (κ3) is 10.7. The molecule has 0 unspecified atom stereocenters. The van der Waals surface area contributed by atoms with Crippen molar-refractivity contribution >= 4 is 35.1 Å². The van der Waals surface area contributed by atoms with Crippen LogP contribution in [0.3, 0.4) is 0 Å². The van der Waals surface area contributed by atoms with E-state index in [0.717, 1.165) is 50.1 Å². The lowest BCUT2D eigenvalue weighted by Gasteiger charge is -2.27. The average Bonchev–Trinajstić information content (AvgIpc) is 3.42. The minimum absolute atomic E-state index is 0. The van der Waals surface area contributed by atoms with Crippen LogP contribution < -0.4 is 27.2 Å². The van der Waals surface area contributed by atoms with Gasteiger partial charge in [-0.05, 0) is 79.9 Å². The van der Waals surface area contributed by atoms with E-state index in [4.69, 9.17) is 5.73 Å². The Bertz CT molecular complexity index is 1210. The molecule has 1 aliphatic carbocycles. The summed E-state index contributed by atoms with van der Waals surface area (Å²) >= 11 is 0. The SMILES string of the molecule is CC(C)C(=O)NCCN.CC(C)C(=O)NCCNCc1cc2cc3c(cc2n(CCN2CCCCC2)c1=O)CCC3.Cl. The second-order valence-corrected chi connectivity index (χ2v) is 11.9. The van der Waals surface area contributed by atoms with E-state index in [1.165, 1.54) is 42.2 Å². The minimum Gasteiger partial charge on any atom is -0.355 e. The van der Waals surface area contributed by atoms with Crippen LogP contribution in [-0.2, 0) is 35.5 Å². The molecule has 2 amide bonds. The lowest BCUT2D eigenvalue weighted by atomic mass is 10.0. The fourth-order valence-corrected chi connectivity index (χ4v) is 5.39. The Morgan fingerprint density at radius 2 is 1.45 bits per heavy atom. The molecular weight excluding hydrogens is 552 g/mol. The van der Waals surface area contributed by atoms with Crippen molar-refractivity contribution in [3.8, 4) is 0 Å². The molecule has 1 aromatic carbocycles. The number of fused-ring (bicyclic) bond motifs is 2. The Morgan fingerprint density at radius 1 is 0.833 bits per heavy atom. The van der Waals surface area contributed by atoms with E-state index < -0.39 is 0 Å². The van der Waals surface area contributed by atoms with Crippen LogP contribution in [0.15, 0.2) is 23.0 Å². The number of nitrogens with zero attached hydrogens (tertiary/aromatic N) is 2. The molecule has 4 rings (SSSR count). The zero-order valence-corrected chi connectivity index (χ0v) is 26.9. The number of aromatic nitrogens is 1. The summed E-state index contributed by atoms with van der Waals surface area (Å²) < 4.78 is 2.01. The smallest absolute Gasteiger partial charge is 0.255 e. The van der Waals surface area contributed by atoms with Gasteiger partial charge in [0.05, 0.1) is 5.52 Å². The number of pyridine rings is 1. The Hall–Kier alpha value is -2.46. The highest BCUT2D eigenvalue weighted by Gasteiger charge is 2.17. The van der Waals surface area contributed by atoms with Gasteiger partial charge >= 0.3 is 0 Å². The summed E-state index contributed by atoms with van der Waals surface area (Å²) in [6.07, 6.45) is 7.32. The van der Waals surface area contributed by atoms with Crippen molar-refractivity contribution in [1.29, 1.82) is 0 Å². The van der Waals surface area contributed by atoms with Crippen LogP contribution in [0.4, 0.5) is 0 Å². The minimum atomic E-state index is -0.00989. The molecule has 42 heavy (non-hydrogen) atoms. The third-order valence-corrected chi connectivity index (χ3v) is 7.88. The Morgan fingerprint density at radius 3 is 2.07 bits per heavy atom. The molecule has 1 aliphatic heterocycles. The van der Waals surface area contributed by atoms with E-state index in [1.54, 1.807) is 0 Å². The number of piperidine rings is 1. The molecule has 1 saturated heterocycles. The lowest BCUT2D eigenvalue weighted by molar-refractivity contribution is -0.124. The first-order valence-corrected chi connectivity index (χ1v) is 15.6. The summed E-state index contributed by atoms with van der Waals surface area (Å²) in [7, 11) is 0. The van der Waals surface area contributed by atoms with Gasteiger partial charge < -0.3 is 31.2 Å². The fraction of sp³-hybridized carbons (Fsp3) is 0.656. The standard InChI is InChI=1S/C26H38N4O2.C6H14N2O.ClH/c1-19(2)25(31)28-10-9-27-18-23-16-22-15-20-7-6-8-21(20)17-24(22)30(26(23)32)14-13-29-11-4-3-5-12-29;1-5(2)6(9)8-4-3-7;/h15-17,19,27H,3-14,18H2,1-2H3,(H,28,31);5H,3-4,7H2,1-2H3,(H,8,9);1H. The molecule has 0 saturated carbocycles. The molecule has 1 fully saturated rings. The van der Waals surface area contributed by atoms with Crippen molar-refractivity contribution in [3.63, 3.8) is 0 Å². The number of aryl methyl sites for hydroxylation is 2. The number of hydrogen-bond acceptors (Lipinski definition) is 6. The molecule has 0 atom stereocenters. The number of nitrogens with two attached hydrogens (primary N) is 1. The van der Waals surface area contributed by atoms with Crippen LogP contribution in [0.5, 0.6) is 0 Å². The van der Waals surface area contributed by atoms with E-state index >= 15 is 0 Å². The van der Waals surface area contributed by atoms with Crippen LogP contribution >= 0.6 is 12.4 Å². The summed E-state index contributed by atoms with van der Waals surface area (Å²) in [5.41, 5.74) is 10.0. The van der Waals surface area contributed by atoms with Gasteiger partial charge in [-0.1, -0.05) is 34.1 Å². The summed E-state index contributed by atoms with van der Waals surface area (Å²) in [4.78, 5) is 38.4. The summed E-state index contributed by atoms with van der Waals surface area (Å²) in [6.45, 7) is 14.3. The quantitative estimate of drug-likeness (QED) is 0.276. The predicted molar refractivity (Wildman–Crippen MR) is 174 cm³/mol. The van der Waals surface area contributed by atoms with Crippen molar-refractivity contribution in [2.45, 2.75) is 79.3 Å². The first-order chi connectivity index (χ1) is 19.7. The molecule has 9 nitrogen and oxygen atoms in total. The van der Waals surface area contributed by atoms with E-state index in [1.807, 2.05) is 32.3 Å². The van der Waals surface area contributed by atoms with Gasteiger partial charge in [-0.3, -0.25) is 14.4 Å². The second-order valence-electron chi connectivity index (χ2n) is 11.9. The second kappa shape index (κ2) is 18.3. The third-order valence-electron chi connectivity index (χ3n) is 7.88. The topological polar surface area (TPSA) is 121 Å². The van der Waals surface area contributed by atoms with Gasteiger partial charge in [-0.2, -0.15) is 0 Å². The molecule has 1 aromatic heterocycles. The molecular formula is C32H53ClN6O3. The van der Waals surface area contributed by atoms with Crippen LogP contribution in [0.2, 0.25) is 0 Å². The van der Waals surface area contributed by atoms with Crippen molar-refractivity contribution in [2.75, 3.05) is 45.8 Å². The van der Waals surface area contributed by atoms with Crippen LogP contribution in [0, 0.1) is 11.8 Å². The maximum atomic E-state index is 13.5. The van der Waals surface area contributed by atoms with Gasteiger partial charge in [0.25, 0.3) is 5.56 Å². The molecule has 2 heterocycles. The summed E-state index contributed by atoms with van der Waals surface area (Å²) in [6, 6.07) is 6.65. The number of hydrogen-bond donors (Lipinski definition) is 4. The number of likely N-dealkylation sites (tertiary alicyclic amines) is 1. The Kier molecular flexibility index (Phi) is 15.5. The van der Waals surface area contributed by atoms with Gasteiger partial charge in [0.15, 0.2) is 0 Å². The first kappa shape index (κ1) is 35.7. The normalized spacial score (nSPS) is 14.7. The molecule has 5 N–H and O–H groups in total. The highest BCUT2D eigenvalue weighted by Crippen LogP contribution is 2.27. The zero-order chi connectivity index (χ0) is 29.8. The van der Waals surface area contributed by atoms with Crippen molar-refractivity contribution in [3.05, 3.63) is 45.2 Å². The molecule has 0 radical (unpaired) electrons. The maximum Gasteiger partial charge on any atom is 0.255 e. The fourth-order valence-electron chi connectivity index (χ4n) is 5.39. The lowest BCUT2D eigenvalue weighted by Crippen LogP contribution is -2.37. The van der Waals surface area contributed by atoms with E-state index in [9.17, 15) is 14.4 Å². The van der Waals surface area contributed by atoms with Crippen molar-refractivity contribution in [1.82, 2.24) is 25.4 Å². The van der Waals surface area contributed by atoms with Gasteiger partial charge in [0, 0.05) is 63.2 Å². The van der Waals surface area contributed by atoms with Gasteiger partial charge in [0.2, 0.25) is 11.8 Å². The number of amides is 2. The van der Waals surface area contributed by atoms with E-state index in [0.29, 0.717) is 32.7 Å². The highest BCUT2D eigenvalue weighted by molar-refractivity contribution is 5.85. The first-order valence-electron chi connectivity index (χ1n) is 15.6. The van der Waals surface area contributed by atoms with E-state index in [2.05, 4.69) is 39.0 Å². The molecule has 0 bridgehead atoms. The maximum absolute atomic E-state index is 13.5. The summed E-state index contributed by atoms with van der Waals surface area (Å²) in [5, 5.41) is 10.1. The predicted octanol–water partition coefficient (Wildman–Crippen LogP) is 2.98. The molecule has 236 valence electrons. The highest BCUT2D eigenvalue weighted by atomic mass is 35.5. The average molecular weight is 605 g/mol. The Balaban J connectivity index is 0.000000536. The number of nitrogens with one attached hydrogen (secondary N) is 3. The Labute approximate surface area is 257 Å². The van der Waals surface area contributed by atoms with Gasteiger partial charge in [-0.15, -0.1) is 12.4 Å². The van der Waals surface area contributed by atoms with Crippen LogP contribution in [0.1, 0.15) is 70.1 Å². The molecule has 10 heteroatoms. The van der Waals surface area contributed by atoms with Crippen molar-refractivity contribution in [2.24, 2.45) is 17.6 Å². The molecule has 2 aliphatic rings. The number of carbonyl (C=O) groups is 2. The van der Waals surface area contributed by atoms with Crippen LogP contribution in [0.25, 0.3) is 10.9 Å². The number of rotatable bonds is 12.